The molecule has 2 amide bonds. The maximum atomic E-state index is 12.1. The van der Waals surface area contributed by atoms with Crippen molar-refractivity contribution in [2.24, 2.45) is 0 Å². The summed E-state index contributed by atoms with van der Waals surface area (Å²) < 4.78 is 10.7. The molecule has 0 aliphatic carbocycles. The molecule has 0 saturated carbocycles. The number of aliphatic hydroxyl groups excluding tert-OH is 1. The third-order valence-electron chi connectivity index (χ3n) is 4.47. The van der Waals surface area contributed by atoms with Crippen molar-refractivity contribution in [1.29, 1.82) is 0 Å². The molecule has 2 aliphatic rings. The van der Waals surface area contributed by atoms with Crippen LogP contribution in [0.2, 0.25) is 0 Å². The van der Waals surface area contributed by atoms with Crippen molar-refractivity contribution in [3.05, 3.63) is 23.8 Å². The predicted molar refractivity (Wildman–Crippen MR) is 85.8 cm³/mol. The van der Waals surface area contributed by atoms with E-state index >= 15 is 0 Å². The average molecular weight is 334 g/mol. The lowest BCUT2D eigenvalue weighted by atomic mass is 9.87. The van der Waals surface area contributed by atoms with Crippen molar-refractivity contribution < 1.29 is 24.2 Å². The zero-order chi connectivity index (χ0) is 17.1. The zero-order valence-corrected chi connectivity index (χ0v) is 13.7. The van der Waals surface area contributed by atoms with E-state index in [1.165, 1.54) is 6.92 Å². The Kier molecular flexibility index (Phi) is 4.89. The Hall–Kier alpha value is -2.28. The summed E-state index contributed by atoms with van der Waals surface area (Å²) in [5, 5.41) is 13.1. The number of likely N-dealkylation sites (tertiary alicyclic amines) is 1. The van der Waals surface area contributed by atoms with E-state index in [0.29, 0.717) is 31.8 Å². The Labute approximate surface area is 140 Å². The molecule has 3 rings (SSSR count). The van der Waals surface area contributed by atoms with Gasteiger partial charge in [0.25, 0.3) is 0 Å². The van der Waals surface area contributed by atoms with E-state index in [-0.39, 0.29) is 30.9 Å². The van der Waals surface area contributed by atoms with Gasteiger partial charge in [0.05, 0.1) is 6.10 Å². The maximum Gasteiger partial charge on any atom is 0.231 e. The van der Waals surface area contributed by atoms with E-state index < -0.39 is 6.10 Å². The van der Waals surface area contributed by atoms with Crippen molar-refractivity contribution in [3.8, 4) is 11.5 Å². The Morgan fingerprint density at radius 2 is 2.12 bits per heavy atom. The molecule has 0 bridgehead atoms. The molecule has 1 fully saturated rings. The third kappa shape index (κ3) is 3.62. The highest BCUT2D eigenvalue weighted by Gasteiger charge is 2.31. The molecule has 1 aromatic rings. The Balaban J connectivity index is 1.57. The van der Waals surface area contributed by atoms with Gasteiger partial charge in [-0.2, -0.15) is 0 Å². The van der Waals surface area contributed by atoms with Gasteiger partial charge in [0.15, 0.2) is 11.5 Å². The minimum Gasteiger partial charge on any atom is -0.454 e. The van der Waals surface area contributed by atoms with Gasteiger partial charge in [-0.1, -0.05) is 6.07 Å². The van der Waals surface area contributed by atoms with Crippen LogP contribution in [0.4, 0.5) is 0 Å². The summed E-state index contributed by atoms with van der Waals surface area (Å²) >= 11 is 0. The molecule has 1 aromatic carbocycles. The largest absolute Gasteiger partial charge is 0.454 e. The van der Waals surface area contributed by atoms with Crippen molar-refractivity contribution in [2.45, 2.75) is 31.8 Å². The molecule has 0 spiro atoms. The summed E-state index contributed by atoms with van der Waals surface area (Å²) in [5.41, 5.74) is 0.997. The monoisotopic (exact) mass is 334 g/mol. The molecule has 2 N–H and O–H groups in total. The first kappa shape index (κ1) is 16.6. The van der Waals surface area contributed by atoms with Crippen molar-refractivity contribution >= 4 is 11.8 Å². The fourth-order valence-corrected chi connectivity index (χ4v) is 3.19. The fraction of sp³-hybridized carbons (Fsp3) is 0.529. The van der Waals surface area contributed by atoms with Crippen LogP contribution >= 0.6 is 0 Å². The normalized spacial score (nSPS) is 22.3. The number of hydrogen-bond donors (Lipinski definition) is 2. The number of aliphatic hydroxyl groups is 1. The standard InChI is InChI=1S/C17H22N2O5/c1-11(20)18-6-4-17(22)19-7-5-13(14(21)9-19)12-2-3-15-16(8-12)24-10-23-15/h2-3,8,13-14,21H,4-7,9-10H2,1H3,(H,18,20)/t13-,14+/m1/s1. The summed E-state index contributed by atoms with van der Waals surface area (Å²) in [6, 6.07) is 5.70. The van der Waals surface area contributed by atoms with E-state index in [4.69, 9.17) is 9.47 Å². The van der Waals surface area contributed by atoms with Crippen LogP contribution < -0.4 is 14.8 Å². The number of carbonyl (C=O) groups is 2. The molecule has 2 heterocycles. The lowest BCUT2D eigenvalue weighted by molar-refractivity contribution is -0.134. The van der Waals surface area contributed by atoms with Crippen LogP contribution in [-0.4, -0.2) is 54.4 Å². The summed E-state index contributed by atoms with van der Waals surface area (Å²) in [6.45, 7) is 2.87. The first-order valence-corrected chi connectivity index (χ1v) is 8.14. The second kappa shape index (κ2) is 7.09. The van der Waals surface area contributed by atoms with E-state index in [0.717, 1.165) is 11.3 Å². The van der Waals surface area contributed by atoms with Gasteiger partial charge in [0, 0.05) is 38.9 Å². The van der Waals surface area contributed by atoms with Crippen LogP contribution in [0.15, 0.2) is 18.2 Å². The second-order valence-electron chi connectivity index (χ2n) is 6.15. The zero-order valence-electron chi connectivity index (χ0n) is 13.7. The molecule has 7 heteroatoms. The lowest BCUT2D eigenvalue weighted by Gasteiger charge is -2.36. The third-order valence-corrected chi connectivity index (χ3v) is 4.47. The smallest absolute Gasteiger partial charge is 0.231 e. The van der Waals surface area contributed by atoms with Crippen molar-refractivity contribution in [2.75, 3.05) is 26.4 Å². The number of amides is 2. The van der Waals surface area contributed by atoms with E-state index in [2.05, 4.69) is 5.32 Å². The van der Waals surface area contributed by atoms with Gasteiger partial charge in [-0.05, 0) is 24.1 Å². The highest BCUT2D eigenvalue weighted by Crippen LogP contribution is 2.37. The number of rotatable bonds is 4. The molecule has 0 radical (unpaired) electrons. The lowest BCUT2D eigenvalue weighted by Crippen LogP contribution is -2.46. The van der Waals surface area contributed by atoms with Gasteiger partial charge < -0.3 is 24.8 Å². The van der Waals surface area contributed by atoms with Crippen LogP contribution in [0.1, 0.15) is 31.2 Å². The number of piperidine rings is 1. The summed E-state index contributed by atoms with van der Waals surface area (Å²) in [6.07, 6.45) is 0.317. The molecule has 7 nitrogen and oxygen atoms in total. The molecule has 2 aliphatic heterocycles. The minimum absolute atomic E-state index is 0.0288. The quantitative estimate of drug-likeness (QED) is 0.843. The summed E-state index contributed by atoms with van der Waals surface area (Å²) in [4.78, 5) is 24.7. The fourth-order valence-electron chi connectivity index (χ4n) is 3.19. The Bertz CT molecular complexity index is 633. The summed E-state index contributed by atoms with van der Waals surface area (Å²) in [5.74, 6) is 1.20. The SMILES string of the molecule is CC(=O)NCCC(=O)N1CC[C@H](c2ccc3c(c2)OCO3)[C@@H](O)C1. The molecule has 0 aromatic heterocycles. The van der Waals surface area contributed by atoms with E-state index in [9.17, 15) is 14.7 Å². The average Bonchev–Trinajstić information content (AvgIpc) is 3.01. The second-order valence-corrected chi connectivity index (χ2v) is 6.15. The highest BCUT2D eigenvalue weighted by atomic mass is 16.7. The van der Waals surface area contributed by atoms with E-state index in [1.807, 2.05) is 18.2 Å². The number of benzene rings is 1. The highest BCUT2D eigenvalue weighted by molar-refractivity contribution is 5.78. The molecule has 130 valence electrons. The molecule has 1 saturated heterocycles. The number of nitrogens with zero attached hydrogens (tertiary/aromatic N) is 1. The van der Waals surface area contributed by atoms with E-state index in [1.54, 1.807) is 4.90 Å². The van der Waals surface area contributed by atoms with Gasteiger partial charge in [-0.25, -0.2) is 0 Å². The van der Waals surface area contributed by atoms with Gasteiger partial charge in [0.2, 0.25) is 18.6 Å². The Morgan fingerprint density at radius 1 is 1.33 bits per heavy atom. The van der Waals surface area contributed by atoms with Gasteiger partial charge >= 0.3 is 0 Å². The van der Waals surface area contributed by atoms with Gasteiger partial charge in [0.1, 0.15) is 0 Å². The van der Waals surface area contributed by atoms with Crippen LogP contribution in [0.5, 0.6) is 11.5 Å². The Morgan fingerprint density at radius 3 is 2.88 bits per heavy atom. The van der Waals surface area contributed by atoms with Crippen LogP contribution in [0.25, 0.3) is 0 Å². The van der Waals surface area contributed by atoms with Crippen LogP contribution in [0, 0.1) is 0 Å². The van der Waals surface area contributed by atoms with Gasteiger partial charge in [-0.3, -0.25) is 9.59 Å². The molecular formula is C17H22N2O5. The number of nitrogens with one attached hydrogen (secondary N) is 1. The predicted octanol–water partition coefficient (Wildman–Crippen LogP) is 0.618. The molecule has 24 heavy (non-hydrogen) atoms. The molecule has 0 unspecified atom stereocenters. The number of ether oxygens (including phenoxy) is 2. The number of β-amino-alcohol motifs (C(OH)–C–C–N with tert-alkyl or cyclic N) is 1. The number of carbonyl (C=O) groups excluding carboxylic acids is 2. The van der Waals surface area contributed by atoms with Crippen molar-refractivity contribution in [1.82, 2.24) is 10.2 Å². The topological polar surface area (TPSA) is 88.1 Å². The van der Waals surface area contributed by atoms with Crippen LogP contribution in [-0.2, 0) is 9.59 Å². The van der Waals surface area contributed by atoms with Crippen LogP contribution in [0.3, 0.4) is 0 Å². The molecular weight excluding hydrogens is 312 g/mol. The number of fused-ring (bicyclic) bond motifs is 1. The first-order valence-electron chi connectivity index (χ1n) is 8.14. The van der Waals surface area contributed by atoms with Crippen molar-refractivity contribution in [3.63, 3.8) is 0 Å². The minimum atomic E-state index is -0.621. The number of hydrogen-bond acceptors (Lipinski definition) is 5. The maximum absolute atomic E-state index is 12.1. The summed E-state index contributed by atoms with van der Waals surface area (Å²) in [7, 11) is 0. The molecule has 2 atom stereocenters. The first-order chi connectivity index (χ1) is 11.5. The van der Waals surface area contributed by atoms with Gasteiger partial charge in [-0.15, -0.1) is 0 Å².